The van der Waals surface area contributed by atoms with E-state index in [2.05, 4.69) is 5.32 Å². The molecule has 0 spiro atoms. The van der Waals surface area contributed by atoms with Crippen LogP contribution in [0.4, 0.5) is 11.4 Å². The molecule has 0 aromatic heterocycles. The lowest BCUT2D eigenvalue weighted by Crippen LogP contribution is -2.14. The number of nitro groups is 1. The van der Waals surface area contributed by atoms with Gasteiger partial charge >= 0.3 is 0 Å². The lowest BCUT2D eigenvalue weighted by Gasteiger charge is -2.11. The van der Waals surface area contributed by atoms with Crippen LogP contribution in [0.25, 0.3) is 0 Å². The summed E-state index contributed by atoms with van der Waals surface area (Å²) in [6.45, 7) is 0.734. The number of nitriles is 1. The Morgan fingerprint density at radius 1 is 1.61 bits per heavy atom. The predicted molar refractivity (Wildman–Crippen MR) is 71.8 cm³/mol. The van der Waals surface area contributed by atoms with Gasteiger partial charge in [-0.1, -0.05) is 0 Å². The van der Waals surface area contributed by atoms with E-state index in [1.54, 1.807) is 12.1 Å². The van der Waals surface area contributed by atoms with Crippen LogP contribution >= 0.6 is 11.8 Å². The monoisotopic (exact) mass is 263 g/mol. The summed E-state index contributed by atoms with van der Waals surface area (Å²) < 4.78 is 0. The van der Waals surface area contributed by atoms with Gasteiger partial charge in [0.25, 0.3) is 5.69 Å². The lowest BCUT2D eigenvalue weighted by atomic mass is 10.2. The van der Waals surface area contributed by atoms with Crippen molar-refractivity contribution in [1.29, 1.82) is 5.26 Å². The van der Waals surface area contributed by atoms with Gasteiger partial charge in [-0.25, -0.2) is 0 Å². The Kier molecular flexibility index (Phi) is 4.05. The highest BCUT2D eigenvalue weighted by Gasteiger charge is 2.18. The van der Waals surface area contributed by atoms with Gasteiger partial charge in [-0.15, -0.1) is 0 Å². The molecule has 1 aliphatic heterocycles. The van der Waals surface area contributed by atoms with Crippen molar-refractivity contribution in [2.45, 2.75) is 18.1 Å². The zero-order valence-electron chi connectivity index (χ0n) is 9.76. The number of nitro benzene ring substituents is 1. The average molecular weight is 263 g/mol. The molecule has 2 rings (SSSR count). The highest BCUT2D eigenvalue weighted by molar-refractivity contribution is 8.00. The number of hydrogen-bond acceptors (Lipinski definition) is 5. The molecule has 0 radical (unpaired) electrons. The Hall–Kier alpha value is -1.74. The zero-order valence-corrected chi connectivity index (χ0v) is 10.6. The summed E-state index contributed by atoms with van der Waals surface area (Å²) in [7, 11) is 0. The third-order valence-electron chi connectivity index (χ3n) is 2.87. The molecule has 1 unspecified atom stereocenters. The van der Waals surface area contributed by atoms with E-state index in [0.29, 0.717) is 16.5 Å². The third kappa shape index (κ3) is 2.93. The van der Waals surface area contributed by atoms with E-state index in [0.717, 1.165) is 13.0 Å². The molecular formula is C12H13N3O2S. The molecule has 1 fully saturated rings. The van der Waals surface area contributed by atoms with Crippen molar-refractivity contribution in [3.05, 3.63) is 33.9 Å². The topological polar surface area (TPSA) is 79.0 Å². The van der Waals surface area contributed by atoms with Crippen molar-refractivity contribution >= 4 is 23.1 Å². The molecule has 1 aromatic rings. The number of hydrogen-bond donors (Lipinski definition) is 1. The second kappa shape index (κ2) is 5.74. The number of rotatable bonds is 4. The Morgan fingerprint density at radius 2 is 2.44 bits per heavy atom. The van der Waals surface area contributed by atoms with Crippen LogP contribution < -0.4 is 5.32 Å². The second-order valence-corrected chi connectivity index (χ2v) is 5.53. The normalized spacial score (nSPS) is 18.3. The van der Waals surface area contributed by atoms with E-state index in [4.69, 9.17) is 5.26 Å². The first kappa shape index (κ1) is 12.7. The van der Waals surface area contributed by atoms with E-state index in [-0.39, 0.29) is 5.69 Å². The van der Waals surface area contributed by atoms with Gasteiger partial charge in [0.15, 0.2) is 0 Å². The SMILES string of the molecule is N#Cc1ccc(NCC2CCCS2)c([N+](=O)[O-])c1. The summed E-state index contributed by atoms with van der Waals surface area (Å²) >= 11 is 1.90. The van der Waals surface area contributed by atoms with Crippen LogP contribution in [-0.2, 0) is 0 Å². The van der Waals surface area contributed by atoms with Crippen LogP contribution in [0, 0.1) is 21.4 Å². The van der Waals surface area contributed by atoms with Gasteiger partial charge in [-0.3, -0.25) is 10.1 Å². The predicted octanol–water partition coefficient (Wildman–Crippen LogP) is 2.77. The van der Waals surface area contributed by atoms with Crippen molar-refractivity contribution < 1.29 is 4.92 Å². The number of nitrogens with one attached hydrogen (secondary N) is 1. The Morgan fingerprint density at radius 3 is 3.06 bits per heavy atom. The first-order valence-corrected chi connectivity index (χ1v) is 6.79. The molecule has 1 aliphatic rings. The van der Waals surface area contributed by atoms with Gasteiger partial charge in [0, 0.05) is 17.9 Å². The molecule has 18 heavy (non-hydrogen) atoms. The van der Waals surface area contributed by atoms with Crippen LogP contribution in [0.15, 0.2) is 18.2 Å². The Labute approximate surface area is 109 Å². The minimum atomic E-state index is -0.453. The first-order chi connectivity index (χ1) is 8.70. The molecule has 0 bridgehead atoms. The molecule has 1 heterocycles. The summed E-state index contributed by atoms with van der Waals surface area (Å²) in [6, 6.07) is 6.42. The molecule has 5 nitrogen and oxygen atoms in total. The van der Waals surface area contributed by atoms with Crippen molar-refractivity contribution in [2.24, 2.45) is 0 Å². The van der Waals surface area contributed by atoms with Gasteiger partial charge in [-0.2, -0.15) is 17.0 Å². The van der Waals surface area contributed by atoms with Crippen LogP contribution in [0.5, 0.6) is 0 Å². The van der Waals surface area contributed by atoms with Gasteiger partial charge in [0.05, 0.1) is 16.6 Å². The number of anilines is 1. The maximum atomic E-state index is 10.9. The van der Waals surface area contributed by atoms with Crippen LogP contribution in [0.1, 0.15) is 18.4 Å². The van der Waals surface area contributed by atoms with Gasteiger partial charge in [-0.05, 0) is 30.7 Å². The van der Waals surface area contributed by atoms with Crippen molar-refractivity contribution in [1.82, 2.24) is 0 Å². The van der Waals surface area contributed by atoms with Crippen LogP contribution in [0.3, 0.4) is 0 Å². The summed E-state index contributed by atoms with van der Waals surface area (Å²) in [6.07, 6.45) is 2.37. The fourth-order valence-electron chi connectivity index (χ4n) is 1.93. The fraction of sp³-hybridized carbons (Fsp3) is 0.417. The van der Waals surface area contributed by atoms with Crippen molar-refractivity contribution in [3.8, 4) is 6.07 Å². The minimum Gasteiger partial charge on any atom is -0.378 e. The highest BCUT2D eigenvalue weighted by Crippen LogP contribution is 2.29. The maximum Gasteiger partial charge on any atom is 0.293 e. The molecular weight excluding hydrogens is 250 g/mol. The Bertz CT molecular complexity index is 493. The van der Waals surface area contributed by atoms with Gasteiger partial charge in [0.2, 0.25) is 0 Å². The van der Waals surface area contributed by atoms with Gasteiger partial charge < -0.3 is 5.32 Å². The Balaban J connectivity index is 2.11. The van der Waals surface area contributed by atoms with Crippen molar-refractivity contribution in [2.75, 3.05) is 17.6 Å². The summed E-state index contributed by atoms with van der Waals surface area (Å²) in [4.78, 5) is 10.5. The first-order valence-electron chi connectivity index (χ1n) is 5.74. The fourth-order valence-corrected chi connectivity index (χ4v) is 3.13. The average Bonchev–Trinajstić information content (AvgIpc) is 2.89. The van der Waals surface area contributed by atoms with Crippen LogP contribution in [0.2, 0.25) is 0 Å². The van der Waals surface area contributed by atoms with E-state index >= 15 is 0 Å². The summed E-state index contributed by atoms with van der Waals surface area (Å²) in [5.74, 6) is 1.17. The standard InChI is InChI=1S/C12H13N3O2S/c13-7-9-3-4-11(12(6-9)15(16)17)14-8-10-2-1-5-18-10/h3-4,6,10,14H,1-2,5,8H2. The van der Waals surface area contributed by atoms with E-state index in [1.807, 2.05) is 17.8 Å². The summed E-state index contributed by atoms with van der Waals surface area (Å²) in [5.41, 5.74) is 0.769. The molecule has 1 atom stereocenters. The summed E-state index contributed by atoms with van der Waals surface area (Å²) in [5, 5.41) is 23.3. The van der Waals surface area contributed by atoms with Crippen molar-refractivity contribution in [3.63, 3.8) is 0 Å². The second-order valence-electron chi connectivity index (χ2n) is 4.12. The smallest absolute Gasteiger partial charge is 0.293 e. The highest BCUT2D eigenvalue weighted by atomic mass is 32.2. The van der Waals surface area contributed by atoms with E-state index < -0.39 is 4.92 Å². The van der Waals surface area contributed by atoms with E-state index in [9.17, 15) is 10.1 Å². The lowest BCUT2D eigenvalue weighted by molar-refractivity contribution is -0.384. The molecule has 0 aliphatic carbocycles. The number of benzene rings is 1. The zero-order chi connectivity index (χ0) is 13.0. The number of nitrogens with zero attached hydrogens (tertiary/aromatic N) is 2. The molecule has 1 saturated heterocycles. The van der Waals surface area contributed by atoms with E-state index in [1.165, 1.54) is 18.2 Å². The minimum absolute atomic E-state index is 0.0305. The molecule has 6 heteroatoms. The number of thioether (sulfide) groups is 1. The maximum absolute atomic E-state index is 10.9. The van der Waals surface area contributed by atoms with Gasteiger partial charge in [0.1, 0.15) is 5.69 Å². The molecule has 1 aromatic carbocycles. The molecule has 94 valence electrons. The largest absolute Gasteiger partial charge is 0.378 e. The molecule has 0 amide bonds. The third-order valence-corrected chi connectivity index (χ3v) is 4.27. The van der Waals surface area contributed by atoms with Crippen LogP contribution in [-0.4, -0.2) is 22.5 Å². The molecule has 0 saturated carbocycles. The quantitative estimate of drug-likeness (QED) is 0.667. The molecule has 1 N–H and O–H groups in total.